The molecule has 0 amide bonds. The first-order chi connectivity index (χ1) is 8.19. The Morgan fingerprint density at radius 1 is 1.59 bits per heavy atom. The zero-order valence-corrected chi connectivity index (χ0v) is 10.8. The topological polar surface area (TPSA) is 55.2 Å². The Morgan fingerprint density at radius 2 is 2.41 bits per heavy atom. The Bertz CT molecular complexity index is 353. The van der Waals surface area contributed by atoms with Gasteiger partial charge in [0.25, 0.3) is 0 Å². The van der Waals surface area contributed by atoms with Crippen LogP contribution < -0.4 is 5.32 Å². The third kappa shape index (κ3) is 3.24. The van der Waals surface area contributed by atoms with E-state index >= 15 is 0 Å². The molecule has 1 aliphatic heterocycles. The van der Waals surface area contributed by atoms with Crippen molar-refractivity contribution in [3.8, 4) is 0 Å². The molecule has 0 aliphatic carbocycles. The van der Waals surface area contributed by atoms with Crippen molar-refractivity contribution in [3.63, 3.8) is 0 Å². The monoisotopic (exact) mass is 239 g/mol. The van der Waals surface area contributed by atoms with Crippen LogP contribution in [0.4, 0.5) is 0 Å². The summed E-state index contributed by atoms with van der Waals surface area (Å²) in [6, 6.07) is 0.287. The molecule has 0 spiro atoms. The molecule has 2 rings (SSSR count). The van der Waals surface area contributed by atoms with Crippen molar-refractivity contribution in [1.29, 1.82) is 0 Å². The van der Waals surface area contributed by atoms with Crippen LogP contribution in [0.25, 0.3) is 0 Å². The lowest BCUT2D eigenvalue weighted by Gasteiger charge is -2.34. The third-order valence-electron chi connectivity index (χ3n) is 3.20. The number of aryl methyl sites for hydroxylation is 1. The van der Waals surface area contributed by atoms with Crippen LogP contribution in [0.2, 0.25) is 0 Å². The summed E-state index contributed by atoms with van der Waals surface area (Å²) in [5, 5.41) is 11.4. The van der Waals surface area contributed by atoms with Gasteiger partial charge in [0.2, 0.25) is 0 Å². The van der Waals surface area contributed by atoms with Crippen molar-refractivity contribution in [1.82, 2.24) is 25.2 Å². The van der Waals surface area contributed by atoms with E-state index in [1.807, 2.05) is 20.3 Å². The van der Waals surface area contributed by atoms with Crippen LogP contribution in [0.1, 0.15) is 5.69 Å². The van der Waals surface area contributed by atoms with Gasteiger partial charge in [-0.2, -0.15) is 0 Å². The lowest BCUT2D eigenvalue weighted by Crippen LogP contribution is -2.51. The van der Waals surface area contributed by atoms with Crippen LogP contribution in [0, 0.1) is 0 Å². The summed E-state index contributed by atoms with van der Waals surface area (Å²) in [6.45, 7) is 2.78. The van der Waals surface area contributed by atoms with E-state index in [4.69, 9.17) is 4.74 Å². The Morgan fingerprint density at radius 3 is 3.00 bits per heavy atom. The standard InChI is InChI=1S/C11H21N5O/c1-12-10(6-9-7-16(3)14-13-9)11-8-15(2)4-5-17-11/h7,10-12H,4-6,8H2,1-3H3. The van der Waals surface area contributed by atoms with Crippen molar-refractivity contribution in [2.75, 3.05) is 33.8 Å². The molecular formula is C11H21N5O. The molecule has 2 heterocycles. The van der Waals surface area contributed by atoms with Gasteiger partial charge in [-0.3, -0.25) is 4.68 Å². The molecule has 6 nitrogen and oxygen atoms in total. The van der Waals surface area contributed by atoms with E-state index < -0.39 is 0 Å². The number of hydrogen-bond donors (Lipinski definition) is 1. The first kappa shape index (κ1) is 12.5. The molecule has 1 N–H and O–H groups in total. The minimum absolute atomic E-state index is 0.223. The number of ether oxygens (including phenoxy) is 1. The van der Waals surface area contributed by atoms with Crippen molar-refractivity contribution in [2.24, 2.45) is 7.05 Å². The molecule has 0 bridgehead atoms. The number of hydrogen-bond acceptors (Lipinski definition) is 5. The normalized spacial score (nSPS) is 23.8. The maximum Gasteiger partial charge on any atom is 0.0858 e. The van der Waals surface area contributed by atoms with Gasteiger partial charge < -0.3 is 15.0 Å². The summed E-state index contributed by atoms with van der Waals surface area (Å²) < 4.78 is 7.55. The largest absolute Gasteiger partial charge is 0.374 e. The lowest BCUT2D eigenvalue weighted by molar-refractivity contribution is -0.0373. The molecule has 1 fully saturated rings. The third-order valence-corrected chi connectivity index (χ3v) is 3.20. The fourth-order valence-corrected chi connectivity index (χ4v) is 2.19. The fourth-order valence-electron chi connectivity index (χ4n) is 2.19. The Labute approximate surface area is 102 Å². The molecule has 2 atom stereocenters. The average molecular weight is 239 g/mol. The highest BCUT2D eigenvalue weighted by Gasteiger charge is 2.26. The SMILES string of the molecule is CNC(Cc1cn(C)nn1)C1CN(C)CCO1. The van der Waals surface area contributed by atoms with Crippen molar-refractivity contribution >= 4 is 0 Å². The average Bonchev–Trinajstić information content (AvgIpc) is 2.72. The van der Waals surface area contributed by atoms with Crippen LogP contribution in [0.3, 0.4) is 0 Å². The van der Waals surface area contributed by atoms with E-state index in [0.29, 0.717) is 0 Å². The summed E-state index contributed by atoms with van der Waals surface area (Å²) in [7, 11) is 5.99. The van der Waals surface area contributed by atoms with Gasteiger partial charge in [-0.05, 0) is 14.1 Å². The molecule has 0 aromatic carbocycles. The molecule has 1 saturated heterocycles. The minimum Gasteiger partial charge on any atom is -0.374 e. The highest BCUT2D eigenvalue weighted by Crippen LogP contribution is 2.11. The van der Waals surface area contributed by atoms with Crippen molar-refractivity contribution in [2.45, 2.75) is 18.6 Å². The second kappa shape index (κ2) is 5.57. The van der Waals surface area contributed by atoms with E-state index in [9.17, 15) is 0 Å². The van der Waals surface area contributed by atoms with Gasteiger partial charge >= 0.3 is 0 Å². The van der Waals surface area contributed by atoms with Gasteiger partial charge in [0.15, 0.2) is 0 Å². The summed E-state index contributed by atoms with van der Waals surface area (Å²) in [5.41, 5.74) is 1.00. The fraction of sp³-hybridized carbons (Fsp3) is 0.818. The first-order valence-electron chi connectivity index (χ1n) is 6.01. The van der Waals surface area contributed by atoms with E-state index in [1.54, 1.807) is 4.68 Å². The summed E-state index contributed by atoms with van der Waals surface area (Å²) in [4.78, 5) is 2.30. The molecule has 17 heavy (non-hydrogen) atoms. The smallest absolute Gasteiger partial charge is 0.0858 e. The summed E-state index contributed by atoms with van der Waals surface area (Å²) in [6.07, 6.45) is 3.03. The molecule has 1 aromatic rings. The van der Waals surface area contributed by atoms with Crippen LogP contribution in [0.5, 0.6) is 0 Å². The van der Waals surface area contributed by atoms with Gasteiger partial charge in [0.05, 0.1) is 18.4 Å². The number of nitrogens with zero attached hydrogens (tertiary/aromatic N) is 4. The van der Waals surface area contributed by atoms with Crippen LogP contribution in [0.15, 0.2) is 6.20 Å². The van der Waals surface area contributed by atoms with E-state index in [-0.39, 0.29) is 12.1 Å². The molecular weight excluding hydrogens is 218 g/mol. The minimum atomic E-state index is 0.223. The van der Waals surface area contributed by atoms with Crippen LogP contribution in [-0.4, -0.2) is 65.8 Å². The quantitative estimate of drug-likeness (QED) is 0.751. The predicted molar refractivity (Wildman–Crippen MR) is 64.8 cm³/mol. The van der Waals surface area contributed by atoms with Crippen LogP contribution in [-0.2, 0) is 18.2 Å². The van der Waals surface area contributed by atoms with E-state index in [1.165, 1.54) is 0 Å². The van der Waals surface area contributed by atoms with Crippen molar-refractivity contribution < 1.29 is 4.74 Å². The zero-order valence-electron chi connectivity index (χ0n) is 10.8. The van der Waals surface area contributed by atoms with Crippen molar-refractivity contribution in [3.05, 3.63) is 11.9 Å². The molecule has 2 unspecified atom stereocenters. The van der Waals surface area contributed by atoms with Gasteiger partial charge in [0.1, 0.15) is 0 Å². The number of likely N-dealkylation sites (N-methyl/N-ethyl adjacent to an activating group) is 2. The van der Waals surface area contributed by atoms with Gasteiger partial charge in [-0.25, -0.2) is 0 Å². The van der Waals surface area contributed by atoms with Gasteiger partial charge in [-0.1, -0.05) is 5.21 Å². The lowest BCUT2D eigenvalue weighted by atomic mass is 10.0. The molecule has 96 valence electrons. The van der Waals surface area contributed by atoms with Crippen LogP contribution >= 0.6 is 0 Å². The van der Waals surface area contributed by atoms with Gasteiger partial charge in [0, 0.05) is 38.8 Å². The maximum atomic E-state index is 5.82. The number of aromatic nitrogens is 3. The number of nitrogens with one attached hydrogen (secondary N) is 1. The van der Waals surface area contributed by atoms with E-state index in [2.05, 4.69) is 27.6 Å². The molecule has 6 heteroatoms. The highest BCUT2D eigenvalue weighted by atomic mass is 16.5. The first-order valence-corrected chi connectivity index (χ1v) is 6.01. The maximum absolute atomic E-state index is 5.82. The molecule has 0 radical (unpaired) electrons. The number of rotatable bonds is 4. The molecule has 0 saturated carbocycles. The molecule has 1 aromatic heterocycles. The van der Waals surface area contributed by atoms with Gasteiger partial charge in [-0.15, -0.1) is 5.10 Å². The predicted octanol–water partition coefficient (Wildman–Crippen LogP) is -0.724. The zero-order chi connectivity index (χ0) is 12.3. The summed E-state index contributed by atoms with van der Waals surface area (Å²) >= 11 is 0. The highest BCUT2D eigenvalue weighted by molar-refractivity contribution is 4.98. The Hall–Kier alpha value is -0.980. The van der Waals surface area contributed by atoms with E-state index in [0.717, 1.165) is 31.8 Å². The Kier molecular flexibility index (Phi) is 4.09. The second-order valence-electron chi connectivity index (χ2n) is 4.65. The summed E-state index contributed by atoms with van der Waals surface area (Å²) in [5.74, 6) is 0. The molecule has 1 aliphatic rings. The second-order valence-corrected chi connectivity index (χ2v) is 4.65. The Balaban J connectivity index is 1.95. The number of morpholine rings is 1.